The van der Waals surface area contributed by atoms with Gasteiger partial charge in [0.25, 0.3) is 0 Å². The topological polar surface area (TPSA) is 237 Å². The van der Waals surface area contributed by atoms with Crippen LogP contribution in [0.25, 0.3) is 0 Å². The van der Waals surface area contributed by atoms with Crippen LogP contribution >= 0.6 is 15.6 Å². The van der Waals surface area contributed by atoms with Gasteiger partial charge >= 0.3 is 39.5 Å². The summed E-state index contributed by atoms with van der Waals surface area (Å²) in [6.07, 6.45) is 36.3. The molecule has 19 heteroatoms. The standard InChI is InChI=1S/C66H128O17P2/c1-9-58(7)44-36-28-19-13-11-12-14-21-30-38-46-63(68)76-52-61(83-66(71)49-41-33-23-17-18-26-34-42-56(3)4)54-80-84(72,73)78-50-60(67)51-79-85(74,75)81-55-62(53-77-64(69)47-39-31-25-24-27-35-43-57(5)6)82-65(70)48-40-32-22-16-15-20-29-37-45-59(8)10-2/h56-62,67H,9-55H2,1-8H3,(H,72,73)(H,74,75)/t58?,59?,60-,61-,62-/m1/s1. The van der Waals surface area contributed by atoms with Gasteiger partial charge in [0.1, 0.15) is 19.3 Å². The maximum absolute atomic E-state index is 13.0. The molecule has 0 aliphatic heterocycles. The summed E-state index contributed by atoms with van der Waals surface area (Å²) in [6, 6.07) is 0. The molecule has 0 aromatic rings. The van der Waals surface area contributed by atoms with Crippen molar-refractivity contribution in [1.29, 1.82) is 0 Å². The van der Waals surface area contributed by atoms with Crippen molar-refractivity contribution in [1.82, 2.24) is 0 Å². The first-order valence-corrected chi connectivity index (χ1v) is 37.3. The molecule has 3 N–H and O–H groups in total. The van der Waals surface area contributed by atoms with Gasteiger partial charge in [0, 0.05) is 25.7 Å². The highest BCUT2D eigenvalue weighted by atomic mass is 31.2. The lowest BCUT2D eigenvalue weighted by Gasteiger charge is -2.21. The molecule has 0 aromatic heterocycles. The second-order valence-corrected chi connectivity index (χ2v) is 28.2. The minimum absolute atomic E-state index is 0.103. The van der Waals surface area contributed by atoms with Gasteiger partial charge in [-0.1, -0.05) is 267 Å². The van der Waals surface area contributed by atoms with E-state index >= 15 is 0 Å². The Labute approximate surface area is 517 Å². The number of carbonyl (C=O) groups is 4. The zero-order valence-corrected chi connectivity index (χ0v) is 57.0. The maximum atomic E-state index is 13.0. The number of unbranched alkanes of at least 4 members (excludes halogenated alkanes) is 27. The van der Waals surface area contributed by atoms with Crippen molar-refractivity contribution in [2.24, 2.45) is 23.7 Å². The van der Waals surface area contributed by atoms with Crippen molar-refractivity contribution in [3.05, 3.63) is 0 Å². The van der Waals surface area contributed by atoms with E-state index in [9.17, 15) is 43.2 Å². The molecule has 0 rings (SSSR count). The van der Waals surface area contributed by atoms with E-state index in [0.29, 0.717) is 37.5 Å². The quantitative estimate of drug-likeness (QED) is 0.0222. The lowest BCUT2D eigenvalue weighted by atomic mass is 9.99. The Bertz CT molecular complexity index is 1700. The van der Waals surface area contributed by atoms with Crippen LogP contribution < -0.4 is 0 Å². The Morgan fingerprint density at radius 1 is 0.329 bits per heavy atom. The van der Waals surface area contributed by atoms with Gasteiger partial charge in [-0.15, -0.1) is 0 Å². The Morgan fingerprint density at radius 3 is 0.835 bits per heavy atom. The predicted octanol–water partition coefficient (Wildman–Crippen LogP) is 18.1. The predicted molar refractivity (Wildman–Crippen MR) is 340 cm³/mol. The van der Waals surface area contributed by atoms with Crippen LogP contribution in [-0.4, -0.2) is 96.7 Å². The largest absolute Gasteiger partial charge is 0.472 e. The molecule has 0 aliphatic carbocycles. The lowest BCUT2D eigenvalue weighted by molar-refractivity contribution is -0.161. The number of aliphatic hydroxyl groups is 1. The average molecular weight is 1260 g/mol. The van der Waals surface area contributed by atoms with Crippen molar-refractivity contribution < 1.29 is 80.2 Å². The highest BCUT2D eigenvalue weighted by molar-refractivity contribution is 7.47. The van der Waals surface area contributed by atoms with Crippen LogP contribution in [0.2, 0.25) is 0 Å². The number of ether oxygens (including phenoxy) is 4. The normalized spacial score (nSPS) is 15.0. The van der Waals surface area contributed by atoms with E-state index in [-0.39, 0.29) is 25.7 Å². The maximum Gasteiger partial charge on any atom is 0.472 e. The third-order valence-corrected chi connectivity index (χ3v) is 17.7. The van der Waals surface area contributed by atoms with Crippen LogP contribution in [0, 0.1) is 23.7 Å². The number of phosphoric acid groups is 2. The number of aliphatic hydroxyl groups excluding tert-OH is 1. The fraction of sp³-hybridized carbons (Fsp3) is 0.939. The van der Waals surface area contributed by atoms with Crippen LogP contribution in [0.4, 0.5) is 0 Å². The summed E-state index contributed by atoms with van der Waals surface area (Å²) < 4.78 is 68.1. The molecule has 7 atom stereocenters. The van der Waals surface area contributed by atoms with Gasteiger partial charge < -0.3 is 33.8 Å². The van der Waals surface area contributed by atoms with Crippen LogP contribution in [-0.2, 0) is 65.4 Å². The monoisotopic (exact) mass is 1250 g/mol. The van der Waals surface area contributed by atoms with Gasteiger partial charge in [-0.2, -0.15) is 0 Å². The molecule has 0 radical (unpaired) electrons. The molecule has 0 aliphatic rings. The first-order valence-electron chi connectivity index (χ1n) is 34.3. The van der Waals surface area contributed by atoms with Crippen LogP contribution in [0.3, 0.4) is 0 Å². The Kier molecular flexibility index (Phi) is 54.8. The zero-order valence-electron chi connectivity index (χ0n) is 55.2. The highest BCUT2D eigenvalue weighted by Gasteiger charge is 2.30. The molecule has 0 saturated heterocycles. The van der Waals surface area contributed by atoms with Crippen molar-refractivity contribution in [3.63, 3.8) is 0 Å². The number of hydrogen-bond acceptors (Lipinski definition) is 15. The van der Waals surface area contributed by atoms with Gasteiger partial charge in [-0.05, 0) is 49.4 Å². The van der Waals surface area contributed by atoms with Crippen LogP contribution in [0.5, 0.6) is 0 Å². The molecule has 85 heavy (non-hydrogen) atoms. The molecule has 0 bridgehead atoms. The van der Waals surface area contributed by atoms with Crippen LogP contribution in [0.15, 0.2) is 0 Å². The molecule has 4 unspecified atom stereocenters. The van der Waals surface area contributed by atoms with Crippen LogP contribution in [0.1, 0.15) is 319 Å². The SMILES string of the molecule is CCC(C)CCCCCCCCCCCCC(=O)OC[C@H](COP(=O)(O)OC[C@@H](O)COP(=O)(O)OC[C@@H](COC(=O)CCCCCCCCC(C)C)OC(=O)CCCCCCCCCCC(C)CC)OC(=O)CCCCCCCCCC(C)C. The molecular formula is C66H128O17P2. The Balaban J connectivity index is 5.24. The number of hydrogen-bond donors (Lipinski definition) is 3. The van der Waals surface area contributed by atoms with Crippen molar-refractivity contribution in [2.75, 3.05) is 39.6 Å². The summed E-state index contributed by atoms with van der Waals surface area (Å²) in [4.78, 5) is 72.3. The molecule has 0 amide bonds. The molecule has 17 nitrogen and oxygen atoms in total. The first kappa shape index (κ1) is 83.1. The van der Waals surface area contributed by atoms with Gasteiger partial charge in [-0.25, -0.2) is 9.13 Å². The van der Waals surface area contributed by atoms with E-state index < -0.39 is 97.5 Å². The summed E-state index contributed by atoms with van der Waals surface area (Å²) in [5.41, 5.74) is 0. The van der Waals surface area contributed by atoms with E-state index in [2.05, 4.69) is 55.4 Å². The summed E-state index contributed by atoms with van der Waals surface area (Å²) in [7, 11) is -9.89. The number of esters is 4. The van der Waals surface area contributed by atoms with E-state index in [0.717, 1.165) is 108 Å². The lowest BCUT2D eigenvalue weighted by Crippen LogP contribution is -2.30. The molecule has 0 saturated carbocycles. The second kappa shape index (κ2) is 56.1. The van der Waals surface area contributed by atoms with E-state index in [1.54, 1.807) is 0 Å². The zero-order chi connectivity index (χ0) is 63.2. The molecule has 0 heterocycles. The third kappa shape index (κ3) is 58.2. The summed E-state index contributed by atoms with van der Waals surface area (Å²) in [5, 5.41) is 10.5. The number of rotatable bonds is 63. The fourth-order valence-corrected chi connectivity index (χ4v) is 11.3. The third-order valence-electron chi connectivity index (χ3n) is 15.8. The van der Waals surface area contributed by atoms with Crippen molar-refractivity contribution in [2.45, 2.75) is 337 Å². The number of phosphoric ester groups is 2. The fourth-order valence-electron chi connectivity index (χ4n) is 9.72. The van der Waals surface area contributed by atoms with E-state index in [1.165, 1.54) is 116 Å². The number of carbonyl (C=O) groups excluding carboxylic acids is 4. The molecule has 0 fully saturated rings. The Morgan fingerprint density at radius 2 is 0.565 bits per heavy atom. The minimum atomic E-state index is -4.95. The summed E-state index contributed by atoms with van der Waals surface area (Å²) in [5.74, 6) is 0.814. The first-order chi connectivity index (χ1) is 40.7. The van der Waals surface area contributed by atoms with Gasteiger partial charge in [0.05, 0.1) is 26.4 Å². The average Bonchev–Trinajstić information content (AvgIpc) is 3.49. The Hall–Kier alpha value is -1.94. The molecular weight excluding hydrogens is 1130 g/mol. The summed E-state index contributed by atoms with van der Waals surface area (Å²) in [6.45, 7) is 14.0. The van der Waals surface area contributed by atoms with E-state index in [4.69, 9.17) is 37.0 Å². The van der Waals surface area contributed by atoms with Crippen molar-refractivity contribution >= 4 is 39.5 Å². The summed E-state index contributed by atoms with van der Waals surface area (Å²) >= 11 is 0. The molecule has 0 aromatic carbocycles. The molecule has 0 spiro atoms. The van der Waals surface area contributed by atoms with Gasteiger partial charge in [0.2, 0.25) is 0 Å². The van der Waals surface area contributed by atoms with Gasteiger partial charge in [-0.3, -0.25) is 37.3 Å². The van der Waals surface area contributed by atoms with E-state index in [1.807, 2.05) is 0 Å². The van der Waals surface area contributed by atoms with Crippen molar-refractivity contribution in [3.8, 4) is 0 Å². The van der Waals surface area contributed by atoms with Gasteiger partial charge in [0.15, 0.2) is 12.2 Å². The molecule has 504 valence electrons. The highest BCUT2D eigenvalue weighted by Crippen LogP contribution is 2.45. The smallest absolute Gasteiger partial charge is 0.462 e. The second-order valence-electron chi connectivity index (χ2n) is 25.3. The minimum Gasteiger partial charge on any atom is -0.462 e.